The second kappa shape index (κ2) is 4.23. The maximum atomic E-state index is 12.5. The average molecular weight is 325 g/mol. The van der Waals surface area contributed by atoms with Crippen molar-refractivity contribution in [3.05, 3.63) is 28.5 Å². The van der Waals surface area contributed by atoms with Crippen molar-refractivity contribution in [1.29, 1.82) is 0 Å². The fourth-order valence-electron chi connectivity index (χ4n) is 0.646. The van der Waals surface area contributed by atoms with Gasteiger partial charge in [-0.15, -0.1) is 3.69 Å². The molecule has 1 aromatic carbocycles. The van der Waals surface area contributed by atoms with Gasteiger partial charge in [0.1, 0.15) is 5.82 Å². The van der Waals surface area contributed by atoms with Gasteiger partial charge in [-0.2, -0.15) is 0 Å². The van der Waals surface area contributed by atoms with Gasteiger partial charge in [-0.25, -0.2) is 4.39 Å². The molecule has 0 atom stereocenters. The Morgan fingerprint density at radius 1 is 1.50 bits per heavy atom. The fourth-order valence-corrected chi connectivity index (χ4v) is 5.30. The van der Waals surface area contributed by atoms with Crippen LogP contribution in [0.4, 0.5) is 4.39 Å². The first-order valence-electron chi connectivity index (χ1n) is 2.74. The molecule has 0 spiro atoms. The maximum absolute atomic E-state index is 12.5. The van der Waals surface area contributed by atoms with Crippen molar-refractivity contribution >= 4 is 55.0 Å². The van der Waals surface area contributed by atoms with Crippen molar-refractivity contribution < 1.29 is 4.39 Å². The van der Waals surface area contributed by atoms with E-state index >= 15 is 0 Å². The van der Waals surface area contributed by atoms with Gasteiger partial charge in [0.15, 0.2) is 0 Å². The zero-order chi connectivity index (χ0) is 7.56. The summed E-state index contributed by atoms with van der Waals surface area (Å²) in [5.41, 5.74) is 0. The average Bonchev–Trinajstić information content (AvgIpc) is 1.94. The summed E-state index contributed by atoms with van der Waals surface area (Å²) < 4.78 is 14.7. The first-order valence-corrected chi connectivity index (χ1v) is 9.35. The van der Waals surface area contributed by atoms with E-state index in [1.807, 2.05) is 0 Å². The molecule has 0 radical (unpaired) electrons. The molecule has 0 saturated carbocycles. The molecule has 0 saturated heterocycles. The summed E-state index contributed by atoms with van der Waals surface area (Å²) in [4.78, 5) is 0. The molecule has 10 heavy (non-hydrogen) atoms. The molecular weight excluding hydrogens is 322 g/mol. The van der Waals surface area contributed by atoms with E-state index in [4.69, 9.17) is 0 Å². The third-order valence-electron chi connectivity index (χ3n) is 1.15. The van der Waals surface area contributed by atoms with E-state index in [1.165, 1.54) is 6.07 Å². The van der Waals surface area contributed by atoms with Crippen LogP contribution >= 0.6 is 34.8 Å². The summed E-state index contributed by atoms with van der Waals surface area (Å²) in [7, 11) is 0. The van der Waals surface area contributed by atoms with Crippen molar-refractivity contribution in [1.82, 2.24) is 0 Å². The number of hydrogen-bond donors (Lipinski definition) is 0. The molecule has 0 aliphatic rings. The molecular formula is C6H3BrFIMg. The molecule has 0 nitrogen and oxygen atoms in total. The molecule has 0 amide bonds. The molecule has 0 aliphatic heterocycles. The highest BCUT2D eigenvalue weighted by atomic mass is 127. The highest BCUT2D eigenvalue weighted by molar-refractivity contribution is 14.1. The normalized spacial score (nSPS) is 9.10. The van der Waals surface area contributed by atoms with Gasteiger partial charge in [0.05, 0.1) is 0 Å². The van der Waals surface area contributed by atoms with E-state index in [2.05, 4.69) is 34.8 Å². The van der Waals surface area contributed by atoms with Crippen LogP contribution in [0.25, 0.3) is 0 Å². The van der Waals surface area contributed by atoms with Crippen molar-refractivity contribution in [2.45, 2.75) is 0 Å². The Morgan fingerprint density at radius 2 is 2.20 bits per heavy atom. The monoisotopic (exact) mass is 324 g/mol. The van der Waals surface area contributed by atoms with Crippen LogP contribution < -0.4 is 3.69 Å². The Hall–Kier alpha value is 1.13. The Labute approximate surface area is 86.8 Å². The summed E-state index contributed by atoms with van der Waals surface area (Å²) in [5.74, 6) is -0.137. The van der Waals surface area contributed by atoms with Crippen molar-refractivity contribution in [3.8, 4) is 0 Å². The molecule has 4 heteroatoms. The van der Waals surface area contributed by atoms with Crippen LogP contribution in [-0.2, 0) is 0 Å². The number of rotatable bonds is 1. The van der Waals surface area contributed by atoms with Gasteiger partial charge in [0.25, 0.3) is 0 Å². The molecule has 0 N–H and O–H groups in total. The summed E-state index contributed by atoms with van der Waals surface area (Å²) in [6.07, 6.45) is 0. The zero-order valence-corrected chi connectivity index (χ0v) is 10.2. The summed E-state index contributed by atoms with van der Waals surface area (Å²) in [6.45, 7) is 0. The Bertz CT molecular complexity index is 241. The first kappa shape index (κ1) is 9.22. The molecule has 0 heterocycles. The van der Waals surface area contributed by atoms with Gasteiger partial charge in [0.2, 0.25) is 0 Å². The number of halogens is 3. The predicted molar refractivity (Wildman–Crippen MR) is 53.5 cm³/mol. The molecule has 0 bridgehead atoms. The van der Waals surface area contributed by atoms with E-state index in [0.717, 1.165) is 8.17 Å². The van der Waals surface area contributed by atoms with Crippen LogP contribution in [0.15, 0.2) is 22.7 Å². The predicted octanol–water partition coefficient (Wildman–Crippen LogP) is 2.27. The van der Waals surface area contributed by atoms with E-state index < -0.39 is 0 Å². The Balaban J connectivity index is 3.09. The van der Waals surface area contributed by atoms with Gasteiger partial charge in [-0.1, -0.05) is 15.9 Å². The van der Waals surface area contributed by atoms with Crippen LogP contribution in [0.1, 0.15) is 0 Å². The highest BCUT2D eigenvalue weighted by Gasteiger charge is 2.01. The van der Waals surface area contributed by atoms with E-state index in [0.29, 0.717) is 0 Å². The van der Waals surface area contributed by atoms with Crippen LogP contribution in [0.3, 0.4) is 0 Å². The number of benzene rings is 1. The van der Waals surface area contributed by atoms with Crippen molar-refractivity contribution in [2.75, 3.05) is 0 Å². The summed E-state index contributed by atoms with van der Waals surface area (Å²) in [5, 5.41) is 0. The molecule has 1 aromatic rings. The molecule has 0 aliphatic carbocycles. The molecule has 1 rings (SSSR count). The third-order valence-corrected chi connectivity index (χ3v) is 5.78. The van der Waals surface area contributed by atoms with Crippen LogP contribution in [-0.4, -0.2) is 16.5 Å². The van der Waals surface area contributed by atoms with E-state index in [9.17, 15) is 4.39 Å². The SMILES string of the molecule is Fc1ccc(Br)[c]([Mg][I])c1. The largest absolute Gasteiger partial charge is 0.504 e. The second-order valence-electron chi connectivity index (χ2n) is 1.87. The summed E-state index contributed by atoms with van der Waals surface area (Å²) in [6, 6.07) is 4.83. The second-order valence-corrected chi connectivity index (χ2v) is 6.04. The van der Waals surface area contributed by atoms with E-state index in [-0.39, 0.29) is 22.3 Å². The lowest BCUT2D eigenvalue weighted by atomic mass is 10.3. The highest BCUT2D eigenvalue weighted by Crippen LogP contribution is 2.07. The molecule has 50 valence electrons. The van der Waals surface area contributed by atoms with Gasteiger partial charge < -0.3 is 0 Å². The molecule has 0 fully saturated rings. The maximum Gasteiger partial charge on any atom is 0.504 e. The van der Waals surface area contributed by atoms with Gasteiger partial charge >= 0.3 is 16.5 Å². The van der Waals surface area contributed by atoms with Crippen LogP contribution in [0.5, 0.6) is 0 Å². The van der Waals surface area contributed by atoms with Gasteiger partial charge in [-0.05, 0) is 22.7 Å². The third kappa shape index (κ3) is 2.32. The lowest BCUT2D eigenvalue weighted by Crippen LogP contribution is -2.10. The quantitative estimate of drug-likeness (QED) is 0.549. The topological polar surface area (TPSA) is 0 Å². The lowest BCUT2D eigenvalue weighted by Gasteiger charge is -1.98. The van der Waals surface area contributed by atoms with Gasteiger partial charge in [-0.3, -0.25) is 18.9 Å². The minimum absolute atomic E-state index is 0.137. The van der Waals surface area contributed by atoms with E-state index in [1.54, 1.807) is 12.1 Å². The van der Waals surface area contributed by atoms with Crippen molar-refractivity contribution in [2.24, 2.45) is 0 Å². The standard InChI is InChI=1S/C6H3BrF.HI.Mg/c7-5-1-3-6(8)4-2-5;;/h1,3-4H;1H;/q;;+1/p-1. The van der Waals surface area contributed by atoms with Crippen LogP contribution in [0.2, 0.25) is 0 Å². The Morgan fingerprint density at radius 3 is 2.70 bits per heavy atom. The minimum atomic E-state index is -0.276. The minimum Gasteiger partial charge on any atom is -0.291 e. The Kier molecular flexibility index (Phi) is 3.90. The molecule has 0 unspecified atom stereocenters. The van der Waals surface area contributed by atoms with Crippen LogP contribution in [0, 0.1) is 5.82 Å². The lowest BCUT2D eigenvalue weighted by molar-refractivity contribution is 0.628. The fraction of sp³-hybridized carbons (Fsp3) is 0. The molecule has 0 aromatic heterocycles. The zero-order valence-electron chi connectivity index (χ0n) is 5.07. The first-order chi connectivity index (χ1) is 4.74. The van der Waals surface area contributed by atoms with Gasteiger partial charge in [0, 0.05) is 0 Å². The number of hydrogen-bond acceptors (Lipinski definition) is 0. The van der Waals surface area contributed by atoms with Crippen molar-refractivity contribution in [3.63, 3.8) is 0 Å². The summed E-state index contributed by atoms with van der Waals surface area (Å²) >= 11 is 5.42. The smallest absolute Gasteiger partial charge is 0.291 e.